The molecule has 0 aromatic carbocycles. The van der Waals surface area contributed by atoms with Crippen LogP contribution >= 0.6 is 0 Å². The van der Waals surface area contributed by atoms with Gasteiger partial charge in [-0.3, -0.25) is 4.79 Å². The third-order valence-corrected chi connectivity index (χ3v) is 11.7. The van der Waals surface area contributed by atoms with Crippen molar-refractivity contribution in [1.29, 1.82) is 0 Å². The quantitative estimate of drug-likeness (QED) is 0.348. The van der Waals surface area contributed by atoms with E-state index in [4.69, 9.17) is 9.78 Å². The topological polar surface area (TPSA) is 96.2 Å². The van der Waals surface area contributed by atoms with Crippen LogP contribution in [0.2, 0.25) is 0 Å². The van der Waals surface area contributed by atoms with Gasteiger partial charge in [-0.1, -0.05) is 52.3 Å². The van der Waals surface area contributed by atoms with Crippen LogP contribution in [0.3, 0.4) is 0 Å². The van der Waals surface area contributed by atoms with Crippen molar-refractivity contribution in [3.05, 3.63) is 35.5 Å². The monoisotopic (exact) mass is 500 g/mol. The lowest BCUT2D eigenvalue weighted by molar-refractivity contribution is -0.483. The Balaban J connectivity index is 1.62. The number of rotatable bonds is 5. The molecule has 3 fully saturated rings. The van der Waals surface area contributed by atoms with Crippen molar-refractivity contribution in [3.8, 4) is 0 Å². The van der Waals surface area contributed by atoms with Gasteiger partial charge in [-0.15, -0.1) is 0 Å². The van der Waals surface area contributed by atoms with Crippen LogP contribution in [-0.4, -0.2) is 44.7 Å². The van der Waals surface area contributed by atoms with Crippen LogP contribution in [0.1, 0.15) is 87.0 Å². The number of carboxylic acid groups (broad SMARTS) is 1. The van der Waals surface area contributed by atoms with Crippen molar-refractivity contribution in [2.45, 2.75) is 110 Å². The van der Waals surface area contributed by atoms with Gasteiger partial charge < -0.3 is 15.3 Å². The average Bonchev–Trinajstić information content (AvgIpc) is 3.00. The van der Waals surface area contributed by atoms with Gasteiger partial charge >= 0.3 is 5.97 Å². The highest BCUT2D eigenvalue weighted by Crippen LogP contribution is 2.77. The van der Waals surface area contributed by atoms with Crippen molar-refractivity contribution in [1.82, 2.24) is 0 Å². The van der Waals surface area contributed by atoms with Gasteiger partial charge in [0.2, 0.25) is 0 Å². The van der Waals surface area contributed by atoms with Gasteiger partial charge in [-0.2, -0.15) is 0 Å². The third-order valence-electron chi connectivity index (χ3n) is 11.7. The van der Waals surface area contributed by atoms with Crippen LogP contribution in [0.25, 0.3) is 0 Å². The fourth-order valence-corrected chi connectivity index (χ4v) is 9.32. The summed E-state index contributed by atoms with van der Waals surface area (Å²) >= 11 is 0. The zero-order valence-electron chi connectivity index (χ0n) is 22.9. The number of aliphatic carboxylic acids is 1. The molecule has 2 saturated carbocycles. The van der Waals surface area contributed by atoms with Crippen molar-refractivity contribution in [3.63, 3.8) is 0 Å². The van der Waals surface area contributed by atoms with Crippen LogP contribution < -0.4 is 0 Å². The number of carbonyl (C=O) groups is 1. The molecule has 0 radical (unpaired) electrons. The largest absolute Gasteiger partial charge is 0.481 e. The van der Waals surface area contributed by atoms with E-state index in [0.29, 0.717) is 32.1 Å². The highest BCUT2D eigenvalue weighted by molar-refractivity contribution is 5.71. The SMILES string of the molecule is CC(C)=CCC[C@@H](C(=O)O)[C@H]1[C@H](O)C[C@@]2(C)[C@]34C=C[C@@]5(OO3)C(C)(C)[C@@H](O)CC[C@]5(C)C4=CC[C@]12C. The number of aliphatic hydroxyl groups excluding tert-OH is 2. The highest BCUT2D eigenvalue weighted by Gasteiger charge is 2.80. The molecule has 1 saturated heterocycles. The molecule has 9 atom stereocenters. The maximum Gasteiger partial charge on any atom is 0.306 e. The molecule has 2 spiro atoms. The molecule has 6 rings (SSSR count). The zero-order chi connectivity index (χ0) is 26.5. The molecule has 6 nitrogen and oxygen atoms in total. The van der Waals surface area contributed by atoms with Gasteiger partial charge in [0.15, 0.2) is 0 Å². The summed E-state index contributed by atoms with van der Waals surface area (Å²) in [6, 6.07) is 0. The molecule has 0 amide bonds. The maximum atomic E-state index is 12.6. The minimum atomic E-state index is -0.881. The highest BCUT2D eigenvalue weighted by atomic mass is 17.2. The molecule has 0 aromatic rings. The predicted octanol–water partition coefficient (Wildman–Crippen LogP) is 5.35. The van der Waals surface area contributed by atoms with Gasteiger partial charge in [0.25, 0.3) is 0 Å². The molecular formula is C30H44O6. The van der Waals surface area contributed by atoms with E-state index >= 15 is 0 Å². The normalized spacial score (nSPS) is 48.9. The lowest BCUT2D eigenvalue weighted by atomic mass is 9.39. The van der Waals surface area contributed by atoms with E-state index in [9.17, 15) is 20.1 Å². The first-order chi connectivity index (χ1) is 16.6. The lowest BCUT2D eigenvalue weighted by Crippen LogP contribution is -2.76. The second kappa shape index (κ2) is 7.78. The fraction of sp³-hybridized carbons (Fsp3) is 0.767. The Labute approximate surface area is 215 Å². The summed E-state index contributed by atoms with van der Waals surface area (Å²) in [7, 11) is 0. The number of hydrogen-bond acceptors (Lipinski definition) is 5. The summed E-state index contributed by atoms with van der Waals surface area (Å²) in [5.41, 5.74) is -1.32. The van der Waals surface area contributed by atoms with Crippen LogP contribution in [-0.2, 0) is 14.6 Å². The Bertz CT molecular complexity index is 1050. The molecule has 4 aliphatic carbocycles. The first-order valence-corrected chi connectivity index (χ1v) is 13.6. The van der Waals surface area contributed by atoms with Crippen molar-refractivity contribution < 1.29 is 29.9 Å². The third kappa shape index (κ3) is 2.80. The zero-order valence-corrected chi connectivity index (χ0v) is 22.9. The Morgan fingerprint density at radius 2 is 1.83 bits per heavy atom. The number of hydrogen-bond donors (Lipinski definition) is 3. The summed E-state index contributed by atoms with van der Waals surface area (Å²) in [5.74, 6) is -1.89. The lowest BCUT2D eigenvalue weighted by Gasteiger charge is -2.72. The van der Waals surface area contributed by atoms with Gasteiger partial charge in [-0.05, 0) is 75.5 Å². The number of allylic oxidation sites excluding steroid dienone is 3. The molecule has 36 heavy (non-hydrogen) atoms. The predicted molar refractivity (Wildman–Crippen MR) is 137 cm³/mol. The maximum absolute atomic E-state index is 12.6. The van der Waals surface area contributed by atoms with Crippen LogP contribution in [0.4, 0.5) is 0 Å². The summed E-state index contributed by atoms with van der Waals surface area (Å²) in [6.07, 6.45) is 11.1. The van der Waals surface area contributed by atoms with E-state index in [0.717, 1.165) is 6.42 Å². The smallest absolute Gasteiger partial charge is 0.306 e. The molecule has 200 valence electrons. The van der Waals surface area contributed by atoms with E-state index in [1.165, 1.54) is 11.1 Å². The molecule has 2 aliphatic heterocycles. The molecular weight excluding hydrogens is 456 g/mol. The van der Waals surface area contributed by atoms with Crippen LogP contribution in [0, 0.1) is 33.5 Å². The minimum Gasteiger partial charge on any atom is -0.481 e. The first kappa shape index (κ1) is 26.1. The second-order valence-corrected chi connectivity index (χ2v) is 13.8. The van der Waals surface area contributed by atoms with Gasteiger partial charge in [-0.25, -0.2) is 9.78 Å². The molecule has 2 heterocycles. The molecule has 6 heteroatoms. The van der Waals surface area contributed by atoms with E-state index in [1.807, 2.05) is 13.8 Å². The van der Waals surface area contributed by atoms with Gasteiger partial charge in [0, 0.05) is 22.2 Å². The number of aliphatic hydroxyl groups is 2. The number of fused-ring (bicyclic) bond motifs is 2. The molecule has 0 aromatic heterocycles. The van der Waals surface area contributed by atoms with E-state index in [1.54, 1.807) is 0 Å². The summed E-state index contributed by atoms with van der Waals surface area (Å²) in [6.45, 7) is 14.7. The Morgan fingerprint density at radius 3 is 2.42 bits per heavy atom. The Hall–Kier alpha value is -1.47. The standard InChI is InChI=1S/C30H44O6/c1-18(2)9-8-10-19(24(33)34)23-20(31)17-28(7)27(23,6)13-11-21-26(5)14-12-22(32)25(3,4)30(26)16-15-29(21,28)35-36-30/h9,11,15-16,19-20,22-23,31-32H,8,10,12-14,17H2,1-7H3,(H,33,34)/t19-,20-,22+,23+,26-,27-,28-,29-,30-/m1/s1. The number of carboxylic acids is 1. The van der Waals surface area contributed by atoms with Crippen LogP contribution in [0.15, 0.2) is 35.5 Å². The second-order valence-electron chi connectivity index (χ2n) is 13.8. The Morgan fingerprint density at radius 1 is 1.14 bits per heavy atom. The first-order valence-electron chi connectivity index (χ1n) is 13.6. The molecule has 0 unspecified atom stereocenters. The van der Waals surface area contributed by atoms with Gasteiger partial charge in [0.1, 0.15) is 11.2 Å². The van der Waals surface area contributed by atoms with E-state index < -0.39 is 57.5 Å². The molecule has 6 aliphatic rings. The summed E-state index contributed by atoms with van der Waals surface area (Å²) in [5, 5.41) is 32.8. The fourth-order valence-electron chi connectivity index (χ4n) is 9.32. The van der Waals surface area contributed by atoms with Crippen LogP contribution in [0.5, 0.6) is 0 Å². The molecule has 3 N–H and O–H groups in total. The molecule has 2 bridgehead atoms. The van der Waals surface area contributed by atoms with Gasteiger partial charge in [0.05, 0.1) is 18.1 Å². The van der Waals surface area contributed by atoms with Crippen molar-refractivity contribution >= 4 is 5.97 Å². The van der Waals surface area contributed by atoms with Crippen molar-refractivity contribution in [2.75, 3.05) is 0 Å². The summed E-state index contributed by atoms with van der Waals surface area (Å²) < 4.78 is 0. The Kier molecular flexibility index (Phi) is 5.65. The van der Waals surface area contributed by atoms with E-state index in [-0.39, 0.29) is 5.41 Å². The van der Waals surface area contributed by atoms with Crippen molar-refractivity contribution in [2.24, 2.45) is 33.5 Å². The van der Waals surface area contributed by atoms with E-state index in [2.05, 4.69) is 58.9 Å². The summed E-state index contributed by atoms with van der Waals surface area (Å²) in [4.78, 5) is 25.5. The minimum absolute atomic E-state index is 0.369. The average molecular weight is 501 g/mol.